The molecule has 0 saturated carbocycles. The highest BCUT2D eigenvalue weighted by atomic mass is 16.1. The van der Waals surface area contributed by atoms with Gasteiger partial charge in [-0.1, -0.05) is 20.8 Å². The number of allylic oxidation sites excluding steroid dienone is 1. The molecule has 0 aromatic carbocycles. The average Bonchev–Trinajstić information content (AvgIpc) is 2.62. The first-order chi connectivity index (χ1) is 7.17. The van der Waals surface area contributed by atoms with Crippen molar-refractivity contribution < 1.29 is 4.79 Å². The molecule has 0 atom stereocenters. The van der Waals surface area contributed by atoms with E-state index in [0.717, 1.165) is 30.4 Å². The van der Waals surface area contributed by atoms with Gasteiger partial charge >= 0.3 is 0 Å². The van der Waals surface area contributed by atoms with E-state index in [1.54, 1.807) is 6.20 Å². The number of aromatic nitrogens is 2. The molecule has 0 bridgehead atoms. The fourth-order valence-electron chi connectivity index (χ4n) is 1.33. The standard InChI is InChI=1S/C12H18N2O/c1-4-5-14-8-11(7-13-14)6-12(9-15)10(2)3/h6-10H,4-5H2,1-3H3/b12-6-. The van der Waals surface area contributed by atoms with Crippen LogP contribution in [-0.4, -0.2) is 16.1 Å². The molecule has 0 saturated heterocycles. The predicted octanol–water partition coefficient (Wildman–Crippen LogP) is 2.53. The second-order valence-corrected chi connectivity index (χ2v) is 3.95. The third-order valence-electron chi connectivity index (χ3n) is 2.24. The van der Waals surface area contributed by atoms with Gasteiger partial charge in [0.25, 0.3) is 0 Å². The lowest BCUT2D eigenvalue weighted by atomic mass is 10.0. The van der Waals surface area contributed by atoms with Crippen LogP contribution in [0.4, 0.5) is 0 Å². The first kappa shape index (κ1) is 11.7. The van der Waals surface area contributed by atoms with E-state index in [0.29, 0.717) is 0 Å². The Morgan fingerprint density at radius 1 is 1.60 bits per heavy atom. The summed E-state index contributed by atoms with van der Waals surface area (Å²) in [5.74, 6) is 0.261. The van der Waals surface area contributed by atoms with Crippen LogP contribution in [0, 0.1) is 5.92 Å². The van der Waals surface area contributed by atoms with E-state index < -0.39 is 0 Å². The summed E-state index contributed by atoms with van der Waals surface area (Å²) in [7, 11) is 0. The molecule has 0 N–H and O–H groups in total. The summed E-state index contributed by atoms with van der Waals surface area (Å²) >= 11 is 0. The van der Waals surface area contributed by atoms with Crippen molar-refractivity contribution in [1.82, 2.24) is 9.78 Å². The molecule has 1 aromatic heterocycles. The smallest absolute Gasteiger partial charge is 0.146 e. The Morgan fingerprint density at radius 2 is 2.33 bits per heavy atom. The minimum Gasteiger partial charge on any atom is -0.298 e. The second-order valence-electron chi connectivity index (χ2n) is 3.95. The highest BCUT2D eigenvalue weighted by molar-refractivity contribution is 5.81. The van der Waals surface area contributed by atoms with Gasteiger partial charge in [-0.15, -0.1) is 0 Å². The Labute approximate surface area is 90.8 Å². The molecule has 1 rings (SSSR count). The molecule has 15 heavy (non-hydrogen) atoms. The van der Waals surface area contributed by atoms with Gasteiger partial charge in [-0.05, 0) is 24.0 Å². The lowest BCUT2D eigenvalue weighted by Gasteiger charge is -2.01. The Hall–Kier alpha value is -1.38. The van der Waals surface area contributed by atoms with Gasteiger partial charge in [0.05, 0.1) is 6.20 Å². The molecular weight excluding hydrogens is 188 g/mol. The Balaban J connectivity index is 2.82. The van der Waals surface area contributed by atoms with Crippen molar-refractivity contribution >= 4 is 12.4 Å². The molecule has 3 nitrogen and oxygen atoms in total. The fourth-order valence-corrected chi connectivity index (χ4v) is 1.33. The van der Waals surface area contributed by atoms with Crippen molar-refractivity contribution in [3.63, 3.8) is 0 Å². The molecule has 3 heteroatoms. The van der Waals surface area contributed by atoms with E-state index in [9.17, 15) is 4.79 Å². The minimum absolute atomic E-state index is 0.261. The van der Waals surface area contributed by atoms with Crippen LogP contribution < -0.4 is 0 Å². The zero-order valence-electron chi connectivity index (χ0n) is 9.60. The summed E-state index contributed by atoms with van der Waals surface area (Å²) in [6.07, 6.45) is 7.64. The molecular formula is C12H18N2O. The lowest BCUT2D eigenvalue weighted by molar-refractivity contribution is -0.105. The van der Waals surface area contributed by atoms with Crippen LogP contribution in [0.15, 0.2) is 18.0 Å². The van der Waals surface area contributed by atoms with Crippen molar-refractivity contribution in [1.29, 1.82) is 0 Å². The lowest BCUT2D eigenvalue weighted by Crippen LogP contribution is -1.96. The Morgan fingerprint density at radius 3 is 2.87 bits per heavy atom. The van der Waals surface area contributed by atoms with Crippen LogP contribution >= 0.6 is 0 Å². The van der Waals surface area contributed by atoms with Crippen LogP contribution in [0.1, 0.15) is 32.8 Å². The van der Waals surface area contributed by atoms with Crippen molar-refractivity contribution in [2.75, 3.05) is 0 Å². The number of hydrogen-bond donors (Lipinski definition) is 0. The first-order valence-corrected chi connectivity index (χ1v) is 5.36. The SMILES string of the molecule is CCCn1cc(/C=C(/C=O)C(C)C)cn1. The van der Waals surface area contributed by atoms with E-state index in [2.05, 4.69) is 12.0 Å². The van der Waals surface area contributed by atoms with Gasteiger partial charge in [0, 0.05) is 18.3 Å². The quantitative estimate of drug-likeness (QED) is 0.548. The molecule has 0 unspecified atom stereocenters. The van der Waals surface area contributed by atoms with E-state index in [4.69, 9.17) is 0 Å². The van der Waals surface area contributed by atoms with Gasteiger partial charge < -0.3 is 0 Å². The van der Waals surface area contributed by atoms with E-state index in [-0.39, 0.29) is 5.92 Å². The van der Waals surface area contributed by atoms with Gasteiger partial charge in [-0.25, -0.2) is 0 Å². The maximum absolute atomic E-state index is 10.8. The van der Waals surface area contributed by atoms with Crippen LogP contribution in [0.5, 0.6) is 0 Å². The molecule has 0 spiro atoms. The molecule has 0 radical (unpaired) electrons. The van der Waals surface area contributed by atoms with Gasteiger partial charge in [0.2, 0.25) is 0 Å². The van der Waals surface area contributed by atoms with Crippen LogP contribution in [0.25, 0.3) is 6.08 Å². The van der Waals surface area contributed by atoms with E-state index in [1.807, 2.05) is 30.8 Å². The number of aryl methyl sites for hydroxylation is 1. The number of carbonyl (C=O) groups excluding carboxylic acids is 1. The highest BCUT2D eigenvalue weighted by Crippen LogP contribution is 2.12. The monoisotopic (exact) mass is 206 g/mol. The summed E-state index contributed by atoms with van der Waals surface area (Å²) in [6, 6.07) is 0. The molecule has 0 aliphatic heterocycles. The normalized spacial score (nSPS) is 12.1. The summed E-state index contributed by atoms with van der Waals surface area (Å²) in [5.41, 5.74) is 1.81. The van der Waals surface area contributed by atoms with Crippen molar-refractivity contribution in [3.05, 3.63) is 23.5 Å². The summed E-state index contributed by atoms with van der Waals surface area (Å²) in [6.45, 7) is 7.06. The minimum atomic E-state index is 0.261. The number of nitrogens with zero attached hydrogens (tertiary/aromatic N) is 2. The molecule has 0 amide bonds. The zero-order valence-corrected chi connectivity index (χ0v) is 9.60. The van der Waals surface area contributed by atoms with Crippen LogP contribution in [-0.2, 0) is 11.3 Å². The van der Waals surface area contributed by atoms with Crippen LogP contribution in [0.2, 0.25) is 0 Å². The largest absolute Gasteiger partial charge is 0.298 e. The summed E-state index contributed by atoms with van der Waals surface area (Å²) in [4.78, 5) is 10.8. The predicted molar refractivity (Wildman–Crippen MR) is 61.4 cm³/mol. The zero-order chi connectivity index (χ0) is 11.3. The van der Waals surface area contributed by atoms with Crippen molar-refractivity contribution in [2.45, 2.75) is 33.7 Å². The van der Waals surface area contributed by atoms with Gasteiger partial charge in [-0.2, -0.15) is 5.10 Å². The molecule has 1 aromatic rings. The van der Waals surface area contributed by atoms with Gasteiger partial charge in [-0.3, -0.25) is 9.48 Å². The molecule has 1 heterocycles. The number of hydrogen-bond acceptors (Lipinski definition) is 2. The topological polar surface area (TPSA) is 34.9 Å². The van der Waals surface area contributed by atoms with Crippen molar-refractivity contribution in [2.24, 2.45) is 5.92 Å². The number of carbonyl (C=O) groups is 1. The maximum atomic E-state index is 10.8. The molecule has 0 aliphatic carbocycles. The first-order valence-electron chi connectivity index (χ1n) is 5.36. The Bertz CT molecular complexity index is 350. The number of aldehydes is 1. The van der Waals surface area contributed by atoms with Gasteiger partial charge in [0.1, 0.15) is 6.29 Å². The molecule has 82 valence electrons. The third kappa shape index (κ3) is 3.35. The number of rotatable bonds is 5. The maximum Gasteiger partial charge on any atom is 0.146 e. The second kappa shape index (κ2) is 5.49. The summed E-state index contributed by atoms with van der Waals surface area (Å²) in [5, 5.41) is 4.21. The average molecular weight is 206 g/mol. The fraction of sp³-hybridized carbons (Fsp3) is 0.500. The van der Waals surface area contributed by atoms with Crippen LogP contribution in [0.3, 0.4) is 0 Å². The Kier molecular flexibility index (Phi) is 4.28. The van der Waals surface area contributed by atoms with E-state index in [1.165, 1.54) is 0 Å². The van der Waals surface area contributed by atoms with Gasteiger partial charge in [0.15, 0.2) is 0 Å². The highest BCUT2D eigenvalue weighted by Gasteiger charge is 2.02. The van der Waals surface area contributed by atoms with E-state index >= 15 is 0 Å². The van der Waals surface area contributed by atoms with Crippen molar-refractivity contribution in [3.8, 4) is 0 Å². The summed E-state index contributed by atoms with van der Waals surface area (Å²) < 4.78 is 1.90. The molecule has 0 aliphatic rings. The molecule has 0 fully saturated rings. The third-order valence-corrected chi connectivity index (χ3v) is 2.24.